The van der Waals surface area contributed by atoms with Crippen LogP contribution in [-0.2, 0) is 11.8 Å². The van der Waals surface area contributed by atoms with Crippen LogP contribution in [0, 0.1) is 6.92 Å². The molecule has 0 aliphatic heterocycles. The fraction of sp³-hybridized carbons (Fsp3) is 0.258. The van der Waals surface area contributed by atoms with Crippen molar-refractivity contribution in [1.29, 1.82) is 0 Å². The summed E-state index contributed by atoms with van der Waals surface area (Å²) < 4.78 is 1.74. The molecule has 1 N–H and O–H groups in total. The standard InChI is InChI=1S/C31H30N4O/c1-22-12-6-9-17-26(22)35-29(36)27-28(33-30(35)34-32-21-23-13-4-2-5-14-23)25-16-8-7-15-24(25)20-31(27)18-10-3-11-19-31/h2,4-9,12-17,21H,3,10-11,18-20H2,1H3,(H,33,34)/b32-21-. The topological polar surface area (TPSA) is 59.3 Å². The molecule has 1 aromatic heterocycles. The number of anilines is 1. The van der Waals surface area contributed by atoms with Gasteiger partial charge in [-0.15, -0.1) is 0 Å². The summed E-state index contributed by atoms with van der Waals surface area (Å²) in [4.78, 5) is 19.7. The molecule has 5 nitrogen and oxygen atoms in total. The van der Waals surface area contributed by atoms with E-state index >= 15 is 0 Å². The van der Waals surface area contributed by atoms with E-state index in [4.69, 9.17) is 4.98 Å². The Labute approximate surface area is 211 Å². The monoisotopic (exact) mass is 474 g/mol. The van der Waals surface area contributed by atoms with E-state index in [1.165, 1.54) is 12.0 Å². The zero-order valence-electron chi connectivity index (χ0n) is 20.6. The van der Waals surface area contributed by atoms with Crippen molar-refractivity contribution in [2.45, 2.75) is 50.9 Å². The van der Waals surface area contributed by atoms with Crippen molar-refractivity contribution in [3.05, 3.63) is 111 Å². The Hall–Kier alpha value is -3.99. The predicted molar refractivity (Wildman–Crippen MR) is 146 cm³/mol. The van der Waals surface area contributed by atoms with Gasteiger partial charge in [0.25, 0.3) is 5.56 Å². The first kappa shape index (κ1) is 22.5. The summed E-state index contributed by atoms with van der Waals surface area (Å²) in [5.74, 6) is 0.433. The molecule has 1 saturated carbocycles. The maximum Gasteiger partial charge on any atom is 0.263 e. The molecule has 0 amide bonds. The van der Waals surface area contributed by atoms with Crippen molar-refractivity contribution < 1.29 is 0 Å². The third-order valence-corrected chi connectivity index (χ3v) is 7.76. The Morgan fingerprint density at radius 2 is 1.64 bits per heavy atom. The first-order valence-corrected chi connectivity index (χ1v) is 12.8. The smallest absolute Gasteiger partial charge is 0.263 e. The Morgan fingerprint density at radius 3 is 2.44 bits per heavy atom. The summed E-state index contributed by atoms with van der Waals surface area (Å²) in [5, 5.41) is 4.48. The van der Waals surface area contributed by atoms with E-state index in [0.717, 1.165) is 65.7 Å². The van der Waals surface area contributed by atoms with Crippen LogP contribution in [-0.4, -0.2) is 15.8 Å². The molecule has 4 aromatic rings. The highest BCUT2D eigenvalue weighted by Gasteiger charge is 2.43. The van der Waals surface area contributed by atoms with Crippen LogP contribution in [0.4, 0.5) is 5.95 Å². The van der Waals surface area contributed by atoms with Gasteiger partial charge in [0, 0.05) is 11.0 Å². The van der Waals surface area contributed by atoms with Gasteiger partial charge in [-0.25, -0.2) is 15.0 Å². The largest absolute Gasteiger partial charge is 0.268 e. The van der Waals surface area contributed by atoms with Crippen LogP contribution in [0.15, 0.2) is 88.8 Å². The number of rotatable bonds is 4. The van der Waals surface area contributed by atoms with Crippen LogP contribution in [0.3, 0.4) is 0 Å². The molecule has 0 unspecified atom stereocenters. The summed E-state index contributed by atoms with van der Waals surface area (Å²) >= 11 is 0. The molecular weight excluding hydrogens is 444 g/mol. The van der Waals surface area contributed by atoms with Gasteiger partial charge in [-0.1, -0.05) is 92.1 Å². The van der Waals surface area contributed by atoms with Gasteiger partial charge in [0.2, 0.25) is 5.95 Å². The molecule has 0 atom stereocenters. The molecule has 3 aromatic carbocycles. The van der Waals surface area contributed by atoms with Crippen molar-refractivity contribution >= 4 is 12.2 Å². The second kappa shape index (κ2) is 9.23. The molecule has 0 bridgehead atoms. The molecule has 1 heterocycles. The minimum Gasteiger partial charge on any atom is -0.268 e. The number of hydrogen-bond donors (Lipinski definition) is 1. The maximum absolute atomic E-state index is 14.5. The maximum atomic E-state index is 14.5. The molecule has 0 radical (unpaired) electrons. The molecule has 1 spiro atoms. The minimum atomic E-state index is -0.164. The third-order valence-electron chi connectivity index (χ3n) is 7.76. The molecule has 36 heavy (non-hydrogen) atoms. The van der Waals surface area contributed by atoms with Gasteiger partial charge in [0.15, 0.2) is 0 Å². The molecule has 2 aliphatic rings. The van der Waals surface area contributed by atoms with Crippen LogP contribution in [0.25, 0.3) is 16.9 Å². The van der Waals surface area contributed by atoms with Crippen LogP contribution in [0.2, 0.25) is 0 Å². The quantitative estimate of drug-likeness (QED) is 0.275. The van der Waals surface area contributed by atoms with Crippen LogP contribution >= 0.6 is 0 Å². The number of benzene rings is 3. The average Bonchev–Trinajstić information content (AvgIpc) is 2.90. The van der Waals surface area contributed by atoms with E-state index < -0.39 is 0 Å². The SMILES string of the molecule is Cc1ccccc1-n1c(N/N=C\c2ccccc2)nc2c(c1=O)C1(CCCCC1)Cc1ccccc1-2. The molecule has 5 heteroatoms. The second-order valence-corrected chi connectivity index (χ2v) is 10.0. The number of aromatic nitrogens is 2. The van der Waals surface area contributed by atoms with Gasteiger partial charge < -0.3 is 0 Å². The van der Waals surface area contributed by atoms with Crippen molar-refractivity contribution in [1.82, 2.24) is 9.55 Å². The lowest BCUT2D eigenvalue weighted by atomic mass is 9.62. The van der Waals surface area contributed by atoms with E-state index in [1.807, 2.05) is 67.6 Å². The van der Waals surface area contributed by atoms with Crippen LogP contribution < -0.4 is 11.0 Å². The molecule has 180 valence electrons. The Bertz CT molecular complexity index is 1500. The van der Waals surface area contributed by atoms with E-state index in [-0.39, 0.29) is 11.0 Å². The Morgan fingerprint density at radius 1 is 0.917 bits per heavy atom. The lowest BCUT2D eigenvalue weighted by Gasteiger charge is -2.42. The molecule has 1 fully saturated rings. The highest BCUT2D eigenvalue weighted by atomic mass is 16.1. The second-order valence-electron chi connectivity index (χ2n) is 10.0. The van der Waals surface area contributed by atoms with Gasteiger partial charge >= 0.3 is 0 Å². The Balaban J connectivity index is 1.59. The lowest BCUT2D eigenvalue weighted by molar-refractivity contribution is 0.284. The zero-order valence-corrected chi connectivity index (χ0v) is 20.6. The average molecular weight is 475 g/mol. The van der Waals surface area contributed by atoms with Crippen LogP contribution in [0.1, 0.15) is 54.4 Å². The van der Waals surface area contributed by atoms with E-state index in [2.05, 4.69) is 28.7 Å². The summed E-state index contributed by atoms with van der Waals surface area (Å²) in [5.41, 5.74) is 9.83. The normalized spacial score (nSPS) is 16.0. The van der Waals surface area contributed by atoms with Crippen LogP contribution in [0.5, 0.6) is 0 Å². The molecule has 0 saturated heterocycles. The number of nitrogens with zero attached hydrogens (tertiary/aromatic N) is 3. The number of aryl methyl sites for hydroxylation is 1. The Kier molecular flexibility index (Phi) is 5.76. The van der Waals surface area contributed by atoms with E-state index in [9.17, 15) is 4.79 Å². The number of hydrogen-bond acceptors (Lipinski definition) is 4. The first-order chi connectivity index (χ1) is 17.7. The van der Waals surface area contributed by atoms with Gasteiger partial charge in [0.05, 0.1) is 23.2 Å². The van der Waals surface area contributed by atoms with Gasteiger partial charge in [0.1, 0.15) is 0 Å². The zero-order chi connectivity index (χ0) is 24.5. The molecule has 2 aliphatic carbocycles. The third kappa shape index (κ3) is 3.85. The van der Waals surface area contributed by atoms with Gasteiger partial charge in [-0.3, -0.25) is 4.79 Å². The fourth-order valence-electron chi connectivity index (χ4n) is 6.02. The highest BCUT2D eigenvalue weighted by molar-refractivity contribution is 5.80. The summed E-state index contributed by atoms with van der Waals surface area (Å²) in [6.07, 6.45) is 8.23. The van der Waals surface area contributed by atoms with E-state index in [0.29, 0.717) is 5.95 Å². The van der Waals surface area contributed by atoms with Crippen molar-refractivity contribution in [2.24, 2.45) is 5.10 Å². The summed E-state index contributed by atoms with van der Waals surface area (Å²) in [6, 6.07) is 26.3. The van der Waals surface area contributed by atoms with E-state index in [1.54, 1.807) is 10.8 Å². The van der Waals surface area contributed by atoms with Crippen molar-refractivity contribution in [2.75, 3.05) is 5.43 Å². The summed E-state index contributed by atoms with van der Waals surface area (Å²) in [6.45, 7) is 2.03. The van der Waals surface area contributed by atoms with Gasteiger partial charge in [-0.2, -0.15) is 5.10 Å². The first-order valence-electron chi connectivity index (χ1n) is 12.8. The molecule has 6 rings (SSSR count). The highest BCUT2D eigenvalue weighted by Crippen LogP contribution is 2.48. The van der Waals surface area contributed by atoms with Crippen molar-refractivity contribution in [3.63, 3.8) is 0 Å². The lowest BCUT2D eigenvalue weighted by Crippen LogP contribution is -2.43. The predicted octanol–water partition coefficient (Wildman–Crippen LogP) is 6.41. The molecular formula is C31H30N4O. The minimum absolute atomic E-state index is 0.0168. The number of para-hydroxylation sites is 1. The fourth-order valence-corrected chi connectivity index (χ4v) is 6.02. The van der Waals surface area contributed by atoms with Gasteiger partial charge in [-0.05, 0) is 48.9 Å². The summed E-state index contributed by atoms with van der Waals surface area (Å²) in [7, 11) is 0. The number of hydrazone groups is 1. The number of nitrogens with one attached hydrogen (secondary N) is 1. The van der Waals surface area contributed by atoms with Crippen molar-refractivity contribution in [3.8, 4) is 16.9 Å². The number of fused-ring (bicyclic) bond motifs is 4.